The van der Waals surface area contributed by atoms with Crippen molar-refractivity contribution in [2.75, 3.05) is 31.6 Å². The van der Waals surface area contributed by atoms with Crippen molar-refractivity contribution in [1.29, 1.82) is 0 Å². The molecule has 1 atom stereocenters. The van der Waals surface area contributed by atoms with Gasteiger partial charge in [0.2, 0.25) is 0 Å². The highest BCUT2D eigenvalue weighted by atomic mass is 79.9. The van der Waals surface area contributed by atoms with E-state index in [1.54, 1.807) is 0 Å². The fraction of sp³-hybridized carbons (Fsp3) is 0.571. The van der Waals surface area contributed by atoms with E-state index in [0.717, 1.165) is 30.1 Å². The third-order valence-electron chi connectivity index (χ3n) is 3.31. The molecule has 1 fully saturated rings. The summed E-state index contributed by atoms with van der Waals surface area (Å²) in [5, 5.41) is 1.13. The highest BCUT2D eigenvalue weighted by Crippen LogP contribution is 2.20. The number of ether oxygens (including phenoxy) is 1. The summed E-state index contributed by atoms with van der Waals surface area (Å²) >= 11 is 3.52. The van der Waals surface area contributed by atoms with Crippen LogP contribution in [0.25, 0.3) is 0 Å². The highest BCUT2D eigenvalue weighted by molar-refractivity contribution is 9.09. The first-order chi connectivity index (χ1) is 8.38. The van der Waals surface area contributed by atoms with Crippen LogP contribution in [0.5, 0.6) is 5.75 Å². The summed E-state index contributed by atoms with van der Waals surface area (Å²) in [6, 6.07) is 10.1. The Labute approximate surface area is 112 Å². The van der Waals surface area contributed by atoms with Gasteiger partial charge in [-0.1, -0.05) is 34.1 Å². The van der Waals surface area contributed by atoms with Gasteiger partial charge in [0.05, 0.1) is 0 Å². The Balaban J connectivity index is 1.63. The molecule has 1 aliphatic heterocycles. The predicted octanol–water partition coefficient (Wildman–Crippen LogP) is 3.17. The molecule has 0 amide bonds. The van der Waals surface area contributed by atoms with Crippen LogP contribution in [0.1, 0.15) is 12.8 Å². The molecule has 1 aromatic rings. The molecule has 1 aliphatic rings. The zero-order chi connectivity index (χ0) is 11.9. The molecule has 2 rings (SSSR count). The van der Waals surface area contributed by atoms with Gasteiger partial charge >= 0.3 is 0 Å². The van der Waals surface area contributed by atoms with Gasteiger partial charge in [-0.3, -0.25) is 4.90 Å². The molecular formula is C14H20BrNO. The number of hydrogen-bond donors (Lipinski definition) is 0. The number of nitrogens with zero attached hydrogens (tertiary/aromatic N) is 1. The molecule has 3 heteroatoms. The number of hydrogen-bond acceptors (Lipinski definition) is 2. The summed E-state index contributed by atoms with van der Waals surface area (Å²) in [5.74, 6) is 1.86. The second kappa shape index (κ2) is 7.02. The number of rotatable bonds is 6. The van der Waals surface area contributed by atoms with Crippen LogP contribution >= 0.6 is 15.9 Å². The monoisotopic (exact) mass is 297 g/mol. The van der Waals surface area contributed by atoms with Crippen LogP contribution in [0.15, 0.2) is 30.3 Å². The number of likely N-dealkylation sites (tertiary alicyclic amines) is 1. The third kappa shape index (κ3) is 4.32. The first-order valence-corrected chi connectivity index (χ1v) is 7.47. The fourth-order valence-corrected chi connectivity index (χ4v) is 2.96. The van der Waals surface area contributed by atoms with E-state index in [4.69, 9.17) is 4.74 Å². The minimum atomic E-state index is 0.797. The molecule has 17 heavy (non-hydrogen) atoms. The lowest BCUT2D eigenvalue weighted by Crippen LogP contribution is -2.26. The van der Waals surface area contributed by atoms with Crippen molar-refractivity contribution in [3.05, 3.63) is 30.3 Å². The van der Waals surface area contributed by atoms with Crippen LogP contribution in [0, 0.1) is 5.92 Å². The van der Waals surface area contributed by atoms with Gasteiger partial charge in [0.15, 0.2) is 0 Å². The Morgan fingerprint density at radius 3 is 2.88 bits per heavy atom. The molecule has 1 heterocycles. The van der Waals surface area contributed by atoms with Crippen molar-refractivity contribution < 1.29 is 4.74 Å². The van der Waals surface area contributed by atoms with Gasteiger partial charge in [-0.15, -0.1) is 0 Å². The van der Waals surface area contributed by atoms with E-state index in [-0.39, 0.29) is 0 Å². The fourth-order valence-electron chi connectivity index (χ4n) is 2.32. The summed E-state index contributed by atoms with van der Waals surface area (Å²) < 4.78 is 5.71. The van der Waals surface area contributed by atoms with Gasteiger partial charge in [-0.25, -0.2) is 0 Å². The lowest BCUT2D eigenvalue weighted by molar-refractivity contribution is 0.232. The predicted molar refractivity (Wildman–Crippen MR) is 74.9 cm³/mol. The molecule has 0 aromatic heterocycles. The lowest BCUT2D eigenvalue weighted by Gasteiger charge is -2.16. The Morgan fingerprint density at radius 2 is 2.12 bits per heavy atom. The SMILES string of the molecule is BrCCC1CCN(CCOc2ccccc2)C1. The standard InChI is InChI=1S/C14H20BrNO/c15-8-6-13-7-9-16(12-13)10-11-17-14-4-2-1-3-5-14/h1-5,13H,6-12H2. The minimum Gasteiger partial charge on any atom is -0.492 e. The van der Waals surface area contributed by atoms with Crippen molar-refractivity contribution in [1.82, 2.24) is 4.90 Å². The van der Waals surface area contributed by atoms with Crippen molar-refractivity contribution in [3.8, 4) is 5.75 Å². The van der Waals surface area contributed by atoms with E-state index in [2.05, 4.69) is 20.8 Å². The first-order valence-electron chi connectivity index (χ1n) is 6.34. The number of benzene rings is 1. The summed E-state index contributed by atoms with van der Waals surface area (Å²) in [7, 11) is 0. The molecule has 0 bridgehead atoms. The molecule has 0 N–H and O–H groups in total. The van der Waals surface area contributed by atoms with Gasteiger partial charge in [0.1, 0.15) is 12.4 Å². The van der Waals surface area contributed by atoms with Crippen molar-refractivity contribution in [2.45, 2.75) is 12.8 Å². The van der Waals surface area contributed by atoms with E-state index in [9.17, 15) is 0 Å². The summed E-state index contributed by atoms with van der Waals surface area (Å²) in [6.07, 6.45) is 2.65. The average molecular weight is 298 g/mol. The Hall–Kier alpha value is -0.540. The molecular weight excluding hydrogens is 278 g/mol. The average Bonchev–Trinajstić information content (AvgIpc) is 2.79. The van der Waals surface area contributed by atoms with Crippen molar-refractivity contribution in [2.24, 2.45) is 5.92 Å². The number of alkyl halides is 1. The van der Waals surface area contributed by atoms with Crippen LogP contribution in [0.4, 0.5) is 0 Å². The van der Waals surface area contributed by atoms with Crippen molar-refractivity contribution >= 4 is 15.9 Å². The zero-order valence-electron chi connectivity index (χ0n) is 10.1. The quantitative estimate of drug-likeness (QED) is 0.748. The van der Waals surface area contributed by atoms with Gasteiger partial charge in [0, 0.05) is 18.4 Å². The second-order valence-corrected chi connectivity index (χ2v) is 5.39. The van der Waals surface area contributed by atoms with E-state index in [0.29, 0.717) is 0 Å². The van der Waals surface area contributed by atoms with Crippen LogP contribution in [-0.2, 0) is 0 Å². The largest absolute Gasteiger partial charge is 0.492 e. The molecule has 0 spiro atoms. The van der Waals surface area contributed by atoms with Gasteiger partial charge in [-0.2, -0.15) is 0 Å². The molecule has 1 unspecified atom stereocenters. The normalized spacial score (nSPS) is 20.6. The van der Waals surface area contributed by atoms with Gasteiger partial charge in [-0.05, 0) is 37.4 Å². The molecule has 1 saturated heterocycles. The van der Waals surface area contributed by atoms with E-state index in [1.807, 2.05) is 30.3 Å². The summed E-state index contributed by atoms with van der Waals surface area (Å²) in [4.78, 5) is 2.51. The molecule has 0 radical (unpaired) electrons. The summed E-state index contributed by atoms with van der Waals surface area (Å²) in [5.41, 5.74) is 0. The van der Waals surface area contributed by atoms with E-state index in [1.165, 1.54) is 25.9 Å². The molecule has 0 aliphatic carbocycles. The Bertz CT molecular complexity index is 317. The van der Waals surface area contributed by atoms with Crippen LogP contribution in [-0.4, -0.2) is 36.5 Å². The van der Waals surface area contributed by atoms with Gasteiger partial charge in [0.25, 0.3) is 0 Å². The molecule has 2 nitrogen and oxygen atoms in total. The maximum Gasteiger partial charge on any atom is 0.119 e. The van der Waals surface area contributed by atoms with Crippen LogP contribution < -0.4 is 4.74 Å². The zero-order valence-corrected chi connectivity index (χ0v) is 11.7. The van der Waals surface area contributed by atoms with Crippen LogP contribution in [0.3, 0.4) is 0 Å². The van der Waals surface area contributed by atoms with Crippen LogP contribution in [0.2, 0.25) is 0 Å². The third-order valence-corrected chi connectivity index (χ3v) is 3.76. The number of halogens is 1. The van der Waals surface area contributed by atoms with E-state index >= 15 is 0 Å². The highest BCUT2D eigenvalue weighted by Gasteiger charge is 2.21. The number of para-hydroxylation sites is 1. The lowest BCUT2D eigenvalue weighted by atomic mass is 10.1. The maximum absolute atomic E-state index is 5.71. The minimum absolute atomic E-state index is 0.797. The topological polar surface area (TPSA) is 12.5 Å². The maximum atomic E-state index is 5.71. The Kier molecular flexibility index (Phi) is 5.33. The van der Waals surface area contributed by atoms with E-state index < -0.39 is 0 Å². The molecule has 0 saturated carbocycles. The molecule has 94 valence electrons. The second-order valence-electron chi connectivity index (χ2n) is 4.59. The van der Waals surface area contributed by atoms with Gasteiger partial charge < -0.3 is 4.74 Å². The Morgan fingerprint density at radius 1 is 1.29 bits per heavy atom. The smallest absolute Gasteiger partial charge is 0.119 e. The van der Waals surface area contributed by atoms with Crippen molar-refractivity contribution in [3.63, 3.8) is 0 Å². The first kappa shape index (κ1) is 12.9. The molecule has 1 aromatic carbocycles. The summed E-state index contributed by atoms with van der Waals surface area (Å²) in [6.45, 7) is 4.32.